The Morgan fingerprint density at radius 3 is 1.67 bits per heavy atom. The maximum Gasteiger partial charge on any atom is 0.0747 e. The molecule has 0 aliphatic rings. The molecule has 1 aromatic carbocycles. The molecule has 0 saturated heterocycles. The van der Waals surface area contributed by atoms with E-state index in [4.69, 9.17) is 37.4 Å². The maximum atomic E-state index is 6.10. The first kappa shape index (κ1) is 25.2. The van der Waals surface area contributed by atoms with Gasteiger partial charge in [-0.15, -0.1) is 0 Å². The van der Waals surface area contributed by atoms with Crippen molar-refractivity contribution in [1.29, 1.82) is 0 Å². The van der Waals surface area contributed by atoms with Crippen LogP contribution in [0.25, 0.3) is 0 Å². The van der Waals surface area contributed by atoms with Crippen LogP contribution in [0.2, 0.25) is 10.0 Å². The highest BCUT2D eigenvalue weighted by molar-refractivity contribution is 9.09. The fourth-order valence-corrected chi connectivity index (χ4v) is 3.48. The first-order chi connectivity index (χ1) is 13.3. The van der Waals surface area contributed by atoms with Crippen molar-refractivity contribution in [2.24, 2.45) is 0 Å². The molecular formula is C21H33BrCl2O3. The van der Waals surface area contributed by atoms with Gasteiger partial charge in [0, 0.05) is 40.8 Å². The third-order valence-electron chi connectivity index (χ3n) is 4.18. The zero-order valence-electron chi connectivity index (χ0n) is 16.2. The number of halogens is 3. The van der Waals surface area contributed by atoms with Gasteiger partial charge < -0.3 is 14.2 Å². The Morgan fingerprint density at radius 1 is 0.630 bits per heavy atom. The number of alkyl halides is 1. The SMILES string of the molecule is Clc1cccc(Cl)c1COCCOCCCCCCOCCCCCCBr. The first-order valence-corrected chi connectivity index (χ1v) is 11.9. The summed E-state index contributed by atoms with van der Waals surface area (Å²) >= 11 is 15.7. The van der Waals surface area contributed by atoms with Crippen LogP contribution in [0.1, 0.15) is 56.9 Å². The van der Waals surface area contributed by atoms with Crippen LogP contribution in [0.3, 0.4) is 0 Å². The number of ether oxygens (including phenoxy) is 3. The molecule has 27 heavy (non-hydrogen) atoms. The number of unbranched alkanes of at least 4 members (excludes halogenated alkanes) is 6. The van der Waals surface area contributed by atoms with Crippen molar-refractivity contribution in [3.05, 3.63) is 33.8 Å². The molecule has 0 aliphatic carbocycles. The van der Waals surface area contributed by atoms with Gasteiger partial charge in [0.15, 0.2) is 0 Å². The molecule has 0 unspecified atom stereocenters. The predicted octanol–water partition coefficient (Wildman–Crippen LogP) is 7.06. The molecule has 0 spiro atoms. The van der Waals surface area contributed by atoms with Gasteiger partial charge >= 0.3 is 0 Å². The number of rotatable bonds is 18. The Hall–Kier alpha value is 0.160. The third-order valence-corrected chi connectivity index (χ3v) is 5.45. The molecule has 0 aliphatic heterocycles. The average molecular weight is 484 g/mol. The van der Waals surface area contributed by atoms with Crippen molar-refractivity contribution in [2.45, 2.75) is 58.0 Å². The smallest absolute Gasteiger partial charge is 0.0747 e. The molecule has 0 aromatic heterocycles. The standard InChI is InChI=1S/C21H33BrCl2O3/c22-12-5-1-2-6-13-25-14-7-3-4-8-15-26-16-17-27-18-19-20(23)10-9-11-21(19)24/h9-11H,1-8,12-18H2. The van der Waals surface area contributed by atoms with Crippen LogP contribution in [0.15, 0.2) is 18.2 Å². The van der Waals surface area contributed by atoms with Gasteiger partial charge in [0.2, 0.25) is 0 Å². The Labute approximate surface area is 183 Å². The quantitative estimate of drug-likeness (QED) is 0.165. The topological polar surface area (TPSA) is 27.7 Å². The fourth-order valence-electron chi connectivity index (χ4n) is 2.58. The van der Waals surface area contributed by atoms with E-state index < -0.39 is 0 Å². The second-order valence-corrected chi connectivity index (χ2v) is 8.10. The minimum Gasteiger partial charge on any atom is -0.381 e. The van der Waals surface area contributed by atoms with Crippen LogP contribution in [0, 0.1) is 0 Å². The van der Waals surface area contributed by atoms with Gasteiger partial charge in [0.05, 0.1) is 19.8 Å². The lowest BCUT2D eigenvalue weighted by atomic mass is 10.2. The van der Waals surface area contributed by atoms with Gasteiger partial charge in [0.1, 0.15) is 0 Å². The summed E-state index contributed by atoms with van der Waals surface area (Å²) < 4.78 is 16.8. The first-order valence-electron chi connectivity index (χ1n) is 9.97. The van der Waals surface area contributed by atoms with E-state index in [-0.39, 0.29) is 0 Å². The van der Waals surface area contributed by atoms with Crippen LogP contribution in [0.5, 0.6) is 0 Å². The lowest BCUT2D eigenvalue weighted by Gasteiger charge is -2.09. The minimum absolute atomic E-state index is 0.415. The van der Waals surface area contributed by atoms with Gasteiger partial charge in [-0.1, -0.05) is 70.9 Å². The third kappa shape index (κ3) is 13.9. The van der Waals surface area contributed by atoms with E-state index in [1.807, 2.05) is 18.2 Å². The lowest BCUT2D eigenvalue weighted by molar-refractivity contribution is 0.0391. The van der Waals surface area contributed by atoms with E-state index in [1.54, 1.807) is 0 Å². The van der Waals surface area contributed by atoms with E-state index in [2.05, 4.69) is 15.9 Å². The predicted molar refractivity (Wildman–Crippen MR) is 118 cm³/mol. The highest BCUT2D eigenvalue weighted by atomic mass is 79.9. The maximum absolute atomic E-state index is 6.10. The second kappa shape index (κ2) is 18.2. The fraction of sp³-hybridized carbons (Fsp3) is 0.714. The summed E-state index contributed by atoms with van der Waals surface area (Å²) in [6.07, 6.45) is 9.64. The summed E-state index contributed by atoms with van der Waals surface area (Å²) in [4.78, 5) is 0. The van der Waals surface area contributed by atoms with Crippen LogP contribution in [-0.2, 0) is 20.8 Å². The molecule has 0 saturated carbocycles. The molecule has 0 N–H and O–H groups in total. The summed E-state index contributed by atoms with van der Waals surface area (Å²) in [6.45, 7) is 4.14. The molecule has 0 amide bonds. The Balaban J connectivity index is 1.79. The van der Waals surface area contributed by atoms with Crippen molar-refractivity contribution in [2.75, 3.05) is 38.4 Å². The van der Waals surface area contributed by atoms with E-state index >= 15 is 0 Å². The van der Waals surface area contributed by atoms with Crippen LogP contribution < -0.4 is 0 Å². The summed E-state index contributed by atoms with van der Waals surface area (Å²) in [7, 11) is 0. The number of benzene rings is 1. The normalized spacial score (nSPS) is 11.2. The molecule has 156 valence electrons. The highest BCUT2D eigenvalue weighted by Crippen LogP contribution is 2.24. The van der Waals surface area contributed by atoms with E-state index in [9.17, 15) is 0 Å². The largest absolute Gasteiger partial charge is 0.381 e. The van der Waals surface area contributed by atoms with Gasteiger partial charge in [-0.3, -0.25) is 0 Å². The zero-order valence-corrected chi connectivity index (χ0v) is 19.3. The monoisotopic (exact) mass is 482 g/mol. The highest BCUT2D eigenvalue weighted by Gasteiger charge is 2.05. The Kier molecular flexibility index (Phi) is 17.0. The van der Waals surface area contributed by atoms with E-state index in [0.29, 0.717) is 29.9 Å². The van der Waals surface area contributed by atoms with Crippen LogP contribution >= 0.6 is 39.1 Å². The molecule has 0 radical (unpaired) electrons. The summed E-state index contributed by atoms with van der Waals surface area (Å²) in [5.41, 5.74) is 0.835. The van der Waals surface area contributed by atoms with Crippen molar-refractivity contribution >= 4 is 39.1 Å². The molecular weight excluding hydrogens is 451 g/mol. The van der Waals surface area contributed by atoms with Crippen molar-refractivity contribution < 1.29 is 14.2 Å². The lowest BCUT2D eigenvalue weighted by Crippen LogP contribution is -2.06. The number of hydrogen-bond donors (Lipinski definition) is 0. The summed E-state index contributed by atoms with van der Waals surface area (Å²) in [6, 6.07) is 5.47. The van der Waals surface area contributed by atoms with Gasteiger partial charge in [-0.2, -0.15) is 0 Å². The van der Waals surface area contributed by atoms with Crippen LogP contribution in [0.4, 0.5) is 0 Å². The van der Waals surface area contributed by atoms with Gasteiger partial charge in [-0.25, -0.2) is 0 Å². The molecule has 1 aromatic rings. The molecule has 0 heterocycles. The molecule has 6 heteroatoms. The van der Waals surface area contributed by atoms with Crippen molar-refractivity contribution in [3.8, 4) is 0 Å². The van der Waals surface area contributed by atoms with Crippen molar-refractivity contribution in [3.63, 3.8) is 0 Å². The van der Waals surface area contributed by atoms with Crippen molar-refractivity contribution in [1.82, 2.24) is 0 Å². The average Bonchev–Trinajstić information content (AvgIpc) is 2.66. The van der Waals surface area contributed by atoms with E-state index in [1.165, 1.54) is 38.5 Å². The molecule has 3 nitrogen and oxygen atoms in total. The van der Waals surface area contributed by atoms with E-state index in [0.717, 1.165) is 43.6 Å². The van der Waals surface area contributed by atoms with Crippen LogP contribution in [-0.4, -0.2) is 38.4 Å². The Bertz CT molecular complexity index is 454. The second-order valence-electron chi connectivity index (χ2n) is 6.49. The minimum atomic E-state index is 0.415. The summed E-state index contributed by atoms with van der Waals surface area (Å²) in [5, 5.41) is 2.39. The zero-order chi connectivity index (χ0) is 19.6. The number of hydrogen-bond acceptors (Lipinski definition) is 3. The van der Waals surface area contributed by atoms with Gasteiger partial charge in [-0.05, 0) is 37.8 Å². The van der Waals surface area contributed by atoms with Gasteiger partial charge in [0.25, 0.3) is 0 Å². The molecule has 1 rings (SSSR count). The molecule has 0 atom stereocenters. The molecule has 0 bridgehead atoms. The summed E-state index contributed by atoms with van der Waals surface area (Å²) in [5.74, 6) is 0. The Morgan fingerprint density at radius 2 is 1.11 bits per heavy atom. The molecule has 0 fully saturated rings.